The smallest absolute Gasteiger partial charge is 0.282 e. The number of rotatable bonds is 10. The van der Waals surface area contributed by atoms with Crippen molar-refractivity contribution in [2.45, 2.75) is 36.0 Å². The predicted octanol–water partition coefficient (Wildman–Crippen LogP) is 3.99. The lowest BCUT2D eigenvalue weighted by molar-refractivity contribution is 0.480. The molecule has 2 radical (unpaired) electrons. The number of allylic oxidation sites excluding steroid dienone is 4. The highest BCUT2D eigenvalue weighted by atomic mass is 32.2. The van der Waals surface area contributed by atoms with Gasteiger partial charge in [0.15, 0.2) is 0 Å². The minimum Gasteiger partial charge on any atom is -0.282 e. The molecule has 0 bridgehead atoms. The van der Waals surface area contributed by atoms with Gasteiger partial charge in [0.25, 0.3) is 20.2 Å². The van der Waals surface area contributed by atoms with Crippen LogP contribution in [0.5, 0.6) is 0 Å². The zero-order chi connectivity index (χ0) is 28.1. The molecule has 2 N–H and O–H groups in total. The van der Waals surface area contributed by atoms with Gasteiger partial charge in [-0.3, -0.25) is 9.11 Å². The third-order valence-corrected chi connectivity index (χ3v) is 7.32. The Balaban J connectivity index is 2.09. The van der Waals surface area contributed by atoms with Crippen LogP contribution in [0.2, 0.25) is 0 Å². The summed E-state index contributed by atoms with van der Waals surface area (Å²) in [5.74, 6) is -0.134. The molecule has 0 aliphatic rings. The molecule has 0 spiro atoms. The molecule has 3 aromatic rings. The molecule has 0 fully saturated rings. The number of hydrogen-bond acceptors (Lipinski definition) is 6. The van der Waals surface area contributed by atoms with Crippen molar-refractivity contribution < 1.29 is 25.9 Å². The Kier molecular flexibility index (Phi) is 9.05. The van der Waals surface area contributed by atoms with Gasteiger partial charge < -0.3 is 0 Å². The number of nitrogens with zero attached hydrogens (tertiary/aromatic N) is 3. The summed E-state index contributed by atoms with van der Waals surface area (Å²) >= 11 is 0. The van der Waals surface area contributed by atoms with E-state index in [1.165, 1.54) is 41.2 Å². The summed E-state index contributed by atoms with van der Waals surface area (Å²) in [6, 6.07) is 8.04. The van der Waals surface area contributed by atoms with Crippen molar-refractivity contribution in [2.24, 2.45) is 0 Å². The molecule has 0 aliphatic carbocycles. The molecule has 0 amide bonds. The zero-order valence-corrected chi connectivity index (χ0v) is 22.4. The molecule has 196 valence electrons. The van der Waals surface area contributed by atoms with Gasteiger partial charge in [-0.1, -0.05) is 67.0 Å². The van der Waals surface area contributed by atoms with E-state index in [0.29, 0.717) is 17.8 Å². The van der Waals surface area contributed by atoms with Crippen molar-refractivity contribution >= 4 is 51.8 Å². The van der Waals surface area contributed by atoms with E-state index in [1.807, 2.05) is 38.2 Å². The van der Waals surface area contributed by atoms with E-state index < -0.39 is 30.0 Å². The molecule has 0 saturated heterocycles. The van der Waals surface area contributed by atoms with Crippen LogP contribution in [0.15, 0.2) is 77.1 Å². The number of hydrogen-bond donors (Lipinski definition) is 2. The Bertz CT molecular complexity index is 1660. The summed E-state index contributed by atoms with van der Waals surface area (Å²) in [6.07, 6.45) is 12.6. The van der Waals surface area contributed by atoms with Gasteiger partial charge in [-0.2, -0.15) is 26.7 Å². The minimum atomic E-state index is -4.70. The van der Waals surface area contributed by atoms with Crippen LogP contribution >= 0.6 is 0 Å². The Hall–Kier alpha value is -3.58. The third-order valence-electron chi connectivity index (χ3n) is 5.50. The van der Waals surface area contributed by atoms with Crippen LogP contribution in [-0.2, 0) is 20.2 Å². The van der Waals surface area contributed by atoms with Gasteiger partial charge in [0.2, 0.25) is 0 Å². The second kappa shape index (κ2) is 11.9. The van der Waals surface area contributed by atoms with Crippen LogP contribution in [0.4, 0.5) is 0 Å². The second-order valence-electron chi connectivity index (χ2n) is 8.29. The molecule has 1 aromatic heterocycles. The molecular weight excluding hydrogens is 525 g/mol. The van der Waals surface area contributed by atoms with E-state index in [4.69, 9.17) is 7.85 Å². The third kappa shape index (κ3) is 7.04. The first-order valence-corrected chi connectivity index (χ1v) is 14.3. The highest BCUT2D eigenvalue weighted by molar-refractivity contribution is 7.86. The van der Waals surface area contributed by atoms with Crippen molar-refractivity contribution in [1.29, 1.82) is 0 Å². The maximum Gasteiger partial charge on any atom is 0.295 e. The van der Waals surface area contributed by atoms with Gasteiger partial charge in [0, 0.05) is 5.92 Å². The van der Waals surface area contributed by atoms with Gasteiger partial charge in [-0.25, -0.2) is 0 Å². The van der Waals surface area contributed by atoms with Crippen LogP contribution in [0.3, 0.4) is 0 Å². The van der Waals surface area contributed by atoms with Gasteiger partial charge in [0.1, 0.15) is 23.3 Å². The molecule has 0 aliphatic heterocycles. The van der Waals surface area contributed by atoms with Crippen molar-refractivity contribution in [2.75, 3.05) is 0 Å². The molecule has 1 heterocycles. The number of benzene rings is 2. The lowest BCUT2D eigenvalue weighted by Gasteiger charge is -2.08. The standard InChI is InChI=1S/C26H26BN3O6S2/c1-4-6-7-8-9-23-26(18(3)5-2)29-30(28-23)22-15-13-20(25(17-22)38(34,35)36)11-10-19-12-14-21(27)16-24(19)37(31,32)33/h4-6,8-18H,2,7H2,1,3H3,(H,31,32,33)(H,34,35,36)/b6-4-,9-8-,11-10+. The Labute approximate surface area is 223 Å². The van der Waals surface area contributed by atoms with Crippen LogP contribution in [0.1, 0.15) is 48.7 Å². The van der Waals surface area contributed by atoms with Crippen LogP contribution in [-0.4, -0.2) is 48.8 Å². The monoisotopic (exact) mass is 551 g/mol. The van der Waals surface area contributed by atoms with E-state index in [9.17, 15) is 25.9 Å². The summed E-state index contributed by atoms with van der Waals surface area (Å²) in [5, 5.41) is 8.99. The average Bonchev–Trinajstić information content (AvgIpc) is 3.28. The maximum absolute atomic E-state index is 12.2. The summed E-state index contributed by atoms with van der Waals surface area (Å²) in [5.41, 5.74) is 1.73. The first kappa shape index (κ1) is 29.0. The zero-order valence-electron chi connectivity index (χ0n) is 20.8. The molecule has 3 rings (SSSR count). The minimum absolute atomic E-state index is 0.0627. The Morgan fingerprint density at radius 2 is 1.55 bits per heavy atom. The molecule has 38 heavy (non-hydrogen) atoms. The van der Waals surface area contributed by atoms with E-state index in [2.05, 4.69) is 16.8 Å². The fraction of sp³-hybridized carbons (Fsp3) is 0.154. The summed E-state index contributed by atoms with van der Waals surface area (Å²) in [4.78, 5) is 0.373. The van der Waals surface area contributed by atoms with Crippen molar-refractivity contribution in [3.8, 4) is 5.69 Å². The fourth-order valence-corrected chi connectivity index (χ4v) is 4.92. The van der Waals surface area contributed by atoms with Crippen LogP contribution < -0.4 is 5.46 Å². The molecule has 1 unspecified atom stereocenters. The highest BCUT2D eigenvalue weighted by Gasteiger charge is 2.19. The molecule has 2 aromatic carbocycles. The summed E-state index contributed by atoms with van der Waals surface area (Å²) in [7, 11) is -3.68. The second-order valence-corrected chi connectivity index (χ2v) is 11.1. The van der Waals surface area contributed by atoms with Crippen LogP contribution in [0, 0.1) is 0 Å². The molecule has 9 nitrogen and oxygen atoms in total. The highest BCUT2D eigenvalue weighted by Crippen LogP contribution is 2.25. The van der Waals surface area contributed by atoms with Crippen molar-refractivity contribution in [3.05, 3.63) is 89.8 Å². The quantitative estimate of drug-likeness (QED) is 0.167. The van der Waals surface area contributed by atoms with E-state index in [0.717, 1.165) is 6.07 Å². The first-order chi connectivity index (χ1) is 17.8. The molecule has 12 heteroatoms. The largest absolute Gasteiger partial charge is 0.295 e. The topological polar surface area (TPSA) is 139 Å². The summed E-state index contributed by atoms with van der Waals surface area (Å²) < 4.78 is 67.4. The number of aromatic nitrogens is 3. The van der Waals surface area contributed by atoms with Crippen molar-refractivity contribution in [3.63, 3.8) is 0 Å². The Morgan fingerprint density at radius 3 is 2.13 bits per heavy atom. The van der Waals surface area contributed by atoms with Crippen molar-refractivity contribution in [1.82, 2.24) is 15.0 Å². The molecule has 1 atom stereocenters. The molecule has 0 saturated carbocycles. The van der Waals surface area contributed by atoms with Gasteiger partial charge in [-0.05, 0) is 48.7 Å². The summed E-state index contributed by atoms with van der Waals surface area (Å²) in [6.45, 7) is 7.63. The SMILES string of the molecule is [B]c1ccc(/C=C/c2ccc(-n3nc(/C=C\C/C=C\C)c(C(C)C=C)n3)cc2S(=O)(=O)O)c(S(=O)(=O)O)c1. The van der Waals surface area contributed by atoms with Gasteiger partial charge in [0.05, 0.1) is 11.4 Å². The lowest BCUT2D eigenvalue weighted by atomic mass is 9.95. The van der Waals surface area contributed by atoms with E-state index >= 15 is 0 Å². The van der Waals surface area contributed by atoms with Gasteiger partial charge in [-0.15, -0.1) is 11.7 Å². The maximum atomic E-state index is 12.2. The van der Waals surface area contributed by atoms with Crippen LogP contribution in [0.25, 0.3) is 23.9 Å². The molecular formula is C26H26BN3O6S2. The average molecular weight is 551 g/mol. The normalized spacial score (nSPS) is 13.6. The predicted molar refractivity (Wildman–Crippen MR) is 149 cm³/mol. The van der Waals surface area contributed by atoms with E-state index in [1.54, 1.807) is 12.1 Å². The fourth-order valence-electron chi connectivity index (χ4n) is 3.49. The van der Waals surface area contributed by atoms with Gasteiger partial charge >= 0.3 is 0 Å². The van der Waals surface area contributed by atoms with E-state index in [-0.39, 0.29) is 28.2 Å². The lowest BCUT2D eigenvalue weighted by Crippen LogP contribution is -2.09. The Morgan fingerprint density at radius 1 is 0.947 bits per heavy atom. The first-order valence-electron chi connectivity index (χ1n) is 11.4.